The van der Waals surface area contributed by atoms with Gasteiger partial charge in [-0.05, 0) is 37.5 Å². The monoisotopic (exact) mass is 387 g/mol. The van der Waals surface area contributed by atoms with E-state index in [1.165, 1.54) is 5.56 Å². The van der Waals surface area contributed by atoms with E-state index in [-0.39, 0.29) is 0 Å². The van der Waals surface area contributed by atoms with Gasteiger partial charge in [0.15, 0.2) is 0 Å². The third-order valence-electron chi connectivity index (χ3n) is 4.69. The van der Waals surface area contributed by atoms with Crippen molar-refractivity contribution in [2.24, 2.45) is 5.92 Å². The lowest BCUT2D eigenvalue weighted by Crippen LogP contribution is -2.09. The molecule has 0 atom stereocenters. The summed E-state index contributed by atoms with van der Waals surface area (Å²) in [5.41, 5.74) is 6.52. The largest absolute Gasteiger partial charge is 0.354 e. The van der Waals surface area contributed by atoms with Crippen LogP contribution in [0.15, 0.2) is 79.8 Å². The first-order chi connectivity index (χ1) is 13.9. The van der Waals surface area contributed by atoms with Gasteiger partial charge in [0.05, 0.1) is 0 Å². The van der Waals surface area contributed by atoms with Crippen molar-refractivity contribution in [2.45, 2.75) is 34.2 Å². The van der Waals surface area contributed by atoms with E-state index >= 15 is 0 Å². The molecule has 0 amide bonds. The SMILES string of the molecule is C=C/C=C\N(C)/C(C)=C(\C=C)c1cn(CC(C)C)nc1-c1cccc(/C=C/C)c1. The summed E-state index contributed by atoms with van der Waals surface area (Å²) in [6.45, 7) is 17.3. The molecule has 1 aromatic carbocycles. The van der Waals surface area contributed by atoms with Crippen LogP contribution in [0.1, 0.15) is 38.8 Å². The van der Waals surface area contributed by atoms with Gasteiger partial charge < -0.3 is 4.90 Å². The maximum Gasteiger partial charge on any atom is 0.100 e. The summed E-state index contributed by atoms with van der Waals surface area (Å²) < 4.78 is 2.05. The van der Waals surface area contributed by atoms with Crippen LogP contribution in [0, 0.1) is 5.92 Å². The quantitative estimate of drug-likeness (QED) is 0.442. The molecule has 2 aromatic rings. The summed E-state index contributed by atoms with van der Waals surface area (Å²) >= 11 is 0. The van der Waals surface area contributed by atoms with Gasteiger partial charge in [-0.1, -0.05) is 69.5 Å². The second-order valence-corrected chi connectivity index (χ2v) is 7.52. The molecule has 0 aliphatic heterocycles. The Morgan fingerprint density at radius 1 is 1.28 bits per heavy atom. The molecule has 1 heterocycles. The van der Waals surface area contributed by atoms with Gasteiger partial charge in [-0.2, -0.15) is 5.10 Å². The highest BCUT2D eigenvalue weighted by atomic mass is 15.3. The highest BCUT2D eigenvalue weighted by Crippen LogP contribution is 2.32. The number of aromatic nitrogens is 2. The topological polar surface area (TPSA) is 21.1 Å². The van der Waals surface area contributed by atoms with Crippen LogP contribution in [-0.2, 0) is 6.54 Å². The average Bonchev–Trinajstić information content (AvgIpc) is 3.09. The lowest BCUT2D eigenvalue weighted by molar-refractivity contribution is 0.484. The molecule has 1 aromatic heterocycles. The Morgan fingerprint density at radius 3 is 2.66 bits per heavy atom. The zero-order chi connectivity index (χ0) is 21.4. The maximum absolute atomic E-state index is 4.95. The fourth-order valence-electron chi connectivity index (χ4n) is 3.23. The smallest absolute Gasteiger partial charge is 0.100 e. The molecule has 3 nitrogen and oxygen atoms in total. The Hall–Kier alpha value is -3.07. The fourth-order valence-corrected chi connectivity index (χ4v) is 3.23. The fraction of sp³-hybridized carbons (Fsp3) is 0.269. The summed E-state index contributed by atoms with van der Waals surface area (Å²) in [6, 6.07) is 8.50. The first-order valence-corrected chi connectivity index (χ1v) is 10.1. The van der Waals surface area contributed by atoms with E-state index in [0.29, 0.717) is 5.92 Å². The van der Waals surface area contributed by atoms with E-state index in [1.54, 1.807) is 6.08 Å². The lowest BCUT2D eigenvalue weighted by Gasteiger charge is -2.18. The highest BCUT2D eigenvalue weighted by Gasteiger charge is 2.17. The van der Waals surface area contributed by atoms with Gasteiger partial charge in [-0.25, -0.2) is 0 Å². The third-order valence-corrected chi connectivity index (χ3v) is 4.69. The van der Waals surface area contributed by atoms with Crippen molar-refractivity contribution in [1.29, 1.82) is 0 Å². The van der Waals surface area contributed by atoms with Crippen molar-refractivity contribution in [3.05, 3.63) is 90.9 Å². The molecule has 0 bridgehead atoms. The minimum Gasteiger partial charge on any atom is -0.354 e. The van der Waals surface area contributed by atoms with Crippen molar-refractivity contribution in [1.82, 2.24) is 14.7 Å². The first kappa shape index (κ1) is 22.2. The predicted molar refractivity (Wildman–Crippen MR) is 127 cm³/mol. The summed E-state index contributed by atoms with van der Waals surface area (Å²) in [6.07, 6.45) is 13.9. The van der Waals surface area contributed by atoms with Crippen molar-refractivity contribution in [3.8, 4) is 11.3 Å². The van der Waals surface area contributed by atoms with Gasteiger partial charge in [-0.3, -0.25) is 4.68 Å². The van der Waals surface area contributed by atoms with Crippen molar-refractivity contribution < 1.29 is 0 Å². The van der Waals surface area contributed by atoms with Crippen LogP contribution in [0.5, 0.6) is 0 Å². The summed E-state index contributed by atoms with van der Waals surface area (Å²) in [4.78, 5) is 2.08. The molecule has 0 fully saturated rings. The average molecular weight is 388 g/mol. The zero-order valence-electron chi connectivity index (χ0n) is 18.4. The molecule has 0 N–H and O–H groups in total. The Kier molecular flexibility index (Phi) is 8.02. The van der Waals surface area contributed by atoms with Gasteiger partial charge in [0, 0.05) is 48.4 Å². The molecule has 3 heteroatoms. The van der Waals surface area contributed by atoms with Crippen molar-refractivity contribution in [2.75, 3.05) is 7.05 Å². The molecule has 0 spiro atoms. The van der Waals surface area contributed by atoms with Crippen molar-refractivity contribution in [3.63, 3.8) is 0 Å². The molecule has 0 radical (unpaired) electrons. The molecule has 0 aliphatic carbocycles. The number of allylic oxidation sites excluding steroid dienone is 6. The van der Waals surface area contributed by atoms with E-state index in [2.05, 4.69) is 81.4 Å². The van der Waals surface area contributed by atoms with Gasteiger partial charge in [0.1, 0.15) is 5.69 Å². The Labute approximate surface area is 176 Å². The van der Waals surface area contributed by atoms with Gasteiger partial charge in [0.25, 0.3) is 0 Å². The molecular formula is C26H33N3. The number of hydrogen-bond donors (Lipinski definition) is 0. The standard InChI is InChI=1S/C26H33N3/c1-8-11-16-28(7)21(6)24(10-3)25-19-29(18-20(4)5)27-26(25)23-15-12-14-22(17-23)13-9-2/h8-17,19-20H,1,3,18H2,2,4-7H3/b13-9+,16-11-,24-21+. The molecular weight excluding hydrogens is 354 g/mol. The van der Waals surface area contributed by atoms with Gasteiger partial charge in [-0.15, -0.1) is 0 Å². The first-order valence-electron chi connectivity index (χ1n) is 10.1. The molecule has 0 saturated heterocycles. The van der Waals surface area contributed by atoms with Crippen LogP contribution < -0.4 is 0 Å². The van der Waals surface area contributed by atoms with Crippen LogP contribution in [0.2, 0.25) is 0 Å². The molecule has 0 saturated carbocycles. The van der Waals surface area contributed by atoms with Gasteiger partial charge in [0.2, 0.25) is 0 Å². The lowest BCUT2D eigenvalue weighted by atomic mass is 9.99. The summed E-state index contributed by atoms with van der Waals surface area (Å²) in [5.74, 6) is 0.514. The zero-order valence-corrected chi connectivity index (χ0v) is 18.4. The minimum atomic E-state index is 0.514. The summed E-state index contributed by atoms with van der Waals surface area (Å²) in [5, 5.41) is 4.95. The molecule has 0 aliphatic rings. The molecule has 152 valence electrons. The minimum absolute atomic E-state index is 0.514. The van der Waals surface area contributed by atoms with Gasteiger partial charge >= 0.3 is 0 Å². The highest BCUT2D eigenvalue weighted by molar-refractivity contribution is 5.85. The van der Waals surface area contributed by atoms with Crippen LogP contribution >= 0.6 is 0 Å². The number of hydrogen-bond acceptors (Lipinski definition) is 2. The number of benzene rings is 1. The van der Waals surface area contributed by atoms with Crippen LogP contribution in [0.4, 0.5) is 0 Å². The Morgan fingerprint density at radius 2 is 2.03 bits per heavy atom. The van der Waals surface area contributed by atoms with Crippen molar-refractivity contribution >= 4 is 11.6 Å². The predicted octanol–water partition coefficient (Wildman–Crippen LogP) is 6.79. The second-order valence-electron chi connectivity index (χ2n) is 7.52. The van der Waals surface area contributed by atoms with E-state index in [0.717, 1.165) is 34.6 Å². The molecule has 2 rings (SSSR count). The van der Waals surface area contributed by atoms with Crippen LogP contribution in [0.25, 0.3) is 22.9 Å². The normalized spacial score (nSPS) is 12.6. The molecule has 29 heavy (non-hydrogen) atoms. The number of rotatable bonds is 9. The summed E-state index contributed by atoms with van der Waals surface area (Å²) in [7, 11) is 2.03. The Bertz CT molecular complexity index is 939. The second kappa shape index (κ2) is 10.5. The van der Waals surface area contributed by atoms with Crippen LogP contribution in [0.3, 0.4) is 0 Å². The third kappa shape index (κ3) is 5.71. The van der Waals surface area contributed by atoms with E-state index in [4.69, 9.17) is 5.10 Å². The van der Waals surface area contributed by atoms with E-state index in [9.17, 15) is 0 Å². The maximum atomic E-state index is 4.95. The van der Waals surface area contributed by atoms with E-state index in [1.807, 2.05) is 37.0 Å². The van der Waals surface area contributed by atoms with Crippen LogP contribution in [-0.4, -0.2) is 21.7 Å². The van der Waals surface area contributed by atoms with E-state index < -0.39 is 0 Å². The molecule has 0 unspecified atom stereocenters. The Balaban J connectivity index is 2.67. The number of nitrogens with zero attached hydrogens (tertiary/aromatic N) is 3.